The van der Waals surface area contributed by atoms with Crippen LogP contribution in [0.15, 0.2) is 0 Å². The van der Waals surface area contributed by atoms with Crippen molar-refractivity contribution in [2.45, 2.75) is 31.9 Å². The van der Waals surface area contributed by atoms with Gasteiger partial charge in [0.1, 0.15) is 12.2 Å². The predicted molar refractivity (Wildman–Crippen MR) is 56.8 cm³/mol. The van der Waals surface area contributed by atoms with Gasteiger partial charge in [0.05, 0.1) is 13.1 Å². The maximum atomic E-state index is 11.5. The highest BCUT2D eigenvalue weighted by Gasteiger charge is 2.42. The number of rotatable bonds is 5. The van der Waals surface area contributed by atoms with E-state index in [1.54, 1.807) is 18.7 Å². The summed E-state index contributed by atoms with van der Waals surface area (Å²) >= 11 is 0. The smallest absolute Gasteiger partial charge is 0.329 e. The van der Waals surface area contributed by atoms with Crippen LogP contribution in [0.1, 0.15) is 20.3 Å². The molecule has 16 heavy (non-hydrogen) atoms. The molecule has 0 spiro atoms. The molecule has 0 radical (unpaired) electrons. The van der Waals surface area contributed by atoms with Crippen LogP contribution in [0.3, 0.4) is 0 Å². The number of carbonyl (C=O) groups excluding carboxylic acids is 1. The van der Waals surface area contributed by atoms with Gasteiger partial charge in [-0.25, -0.2) is 4.79 Å². The third-order valence-electron chi connectivity index (χ3n) is 2.44. The van der Waals surface area contributed by atoms with E-state index in [4.69, 9.17) is 15.6 Å². The van der Waals surface area contributed by atoms with Crippen LogP contribution >= 0.6 is 0 Å². The van der Waals surface area contributed by atoms with Gasteiger partial charge in [-0.05, 0) is 13.8 Å². The number of amides is 1. The molecule has 0 aromatic rings. The lowest BCUT2D eigenvalue weighted by Crippen LogP contribution is -2.63. The number of ether oxygens (including phenoxy) is 1. The van der Waals surface area contributed by atoms with Crippen LogP contribution in [0, 0.1) is 0 Å². The lowest BCUT2D eigenvalue weighted by Gasteiger charge is -2.47. The average Bonchev–Trinajstić information content (AvgIpc) is 2.09. The molecule has 6 heteroatoms. The van der Waals surface area contributed by atoms with Crippen molar-refractivity contribution in [1.29, 1.82) is 0 Å². The minimum Gasteiger partial charge on any atom is -0.480 e. The van der Waals surface area contributed by atoms with E-state index in [9.17, 15) is 9.59 Å². The largest absolute Gasteiger partial charge is 0.480 e. The summed E-state index contributed by atoms with van der Waals surface area (Å²) in [6.07, 6.45) is 0.314. The summed E-state index contributed by atoms with van der Waals surface area (Å²) in [5.74, 6) is -1.01. The van der Waals surface area contributed by atoms with Crippen molar-refractivity contribution in [2.24, 2.45) is 5.73 Å². The van der Waals surface area contributed by atoms with Gasteiger partial charge in [-0.1, -0.05) is 0 Å². The second kappa shape index (κ2) is 4.80. The number of nitrogens with zero attached hydrogens (tertiary/aromatic N) is 1. The zero-order chi connectivity index (χ0) is 12.3. The first kappa shape index (κ1) is 12.9. The molecular formula is C10H18N2O4. The highest BCUT2D eigenvalue weighted by molar-refractivity contribution is 5.78. The number of carboxylic acids is 1. The first-order chi connectivity index (χ1) is 7.32. The van der Waals surface area contributed by atoms with Crippen molar-refractivity contribution in [1.82, 2.24) is 4.90 Å². The van der Waals surface area contributed by atoms with E-state index >= 15 is 0 Å². The molecule has 1 heterocycles. The van der Waals surface area contributed by atoms with Crippen molar-refractivity contribution in [3.8, 4) is 0 Å². The van der Waals surface area contributed by atoms with Gasteiger partial charge in [0, 0.05) is 12.5 Å². The summed E-state index contributed by atoms with van der Waals surface area (Å²) in [6, 6.07) is -0.153. The molecule has 1 aliphatic heterocycles. The molecule has 3 N–H and O–H groups in total. The molecule has 6 nitrogen and oxygen atoms in total. The molecule has 1 aliphatic rings. The molecule has 1 fully saturated rings. The molecule has 0 bridgehead atoms. The molecular weight excluding hydrogens is 212 g/mol. The Hall–Kier alpha value is -1.14. The van der Waals surface area contributed by atoms with E-state index < -0.39 is 11.6 Å². The van der Waals surface area contributed by atoms with Gasteiger partial charge in [-0.3, -0.25) is 4.79 Å². The predicted octanol–water partition coefficient (Wildman–Crippen LogP) is -0.574. The summed E-state index contributed by atoms with van der Waals surface area (Å²) in [7, 11) is 0. The number of nitrogens with two attached hydrogens (primary N) is 1. The van der Waals surface area contributed by atoms with Crippen LogP contribution < -0.4 is 5.73 Å². The number of hydrogen-bond acceptors (Lipinski definition) is 4. The summed E-state index contributed by atoms with van der Waals surface area (Å²) in [4.78, 5) is 23.5. The highest BCUT2D eigenvalue weighted by atomic mass is 16.5. The first-order valence-electron chi connectivity index (χ1n) is 5.21. The number of hydrogen-bond donors (Lipinski definition) is 2. The zero-order valence-electron chi connectivity index (χ0n) is 9.60. The minimum atomic E-state index is -0.999. The second-order valence-electron chi connectivity index (χ2n) is 4.56. The van der Waals surface area contributed by atoms with Gasteiger partial charge >= 0.3 is 5.97 Å². The summed E-state index contributed by atoms with van der Waals surface area (Å²) in [5.41, 5.74) is 5.00. The van der Waals surface area contributed by atoms with E-state index in [0.29, 0.717) is 19.5 Å². The van der Waals surface area contributed by atoms with Gasteiger partial charge in [-0.2, -0.15) is 0 Å². The molecule has 0 aromatic heterocycles. The molecule has 1 rings (SSSR count). The summed E-state index contributed by atoms with van der Waals surface area (Å²) in [6.45, 7) is 4.12. The third-order valence-corrected chi connectivity index (χ3v) is 2.44. The Morgan fingerprint density at radius 2 is 2.12 bits per heavy atom. The monoisotopic (exact) mass is 230 g/mol. The Kier molecular flexibility index (Phi) is 3.88. The topological polar surface area (TPSA) is 92.9 Å². The Morgan fingerprint density at radius 1 is 1.56 bits per heavy atom. The SMILES string of the molecule is CC(N)CC(=O)N1CC(C)(OCC(=O)O)C1. The fourth-order valence-corrected chi connectivity index (χ4v) is 1.67. The number of carboxylic acid groups (broad SMARTS) is 1. The van der Waals surface area contributed by atoms with E-state index in [1.165, 1.54) is 0 Å². The summed E-state index contributed by atoms with van der Waals surface area (Å²) in [5, 5.41) is 8.47. The lowest BCUT2D eigenvalue weighted by molar-refractivity contribution is -0.173. The molecule has 92 valence electrons. The molecule has 1 atom stereocenters. The van der Waals surface area contributed by atoms with E-state index in [2.05, 4.69) is 0 Å². The van der Waals surface area contributed by atoms with Gasteiger partial charge < -0.3 is 20.5 Å². The summed E-state index contributed by atoms with van der Waals surface area (Å²) < 4.78 is 5.19. The number of carbonyl (C=O) groups is 2. The van der Waals surface area contributed by atoms with Crippen molar-refractivity contribution >= 4 is 11.9 Å². The molecule has 1 saturated heterocycles. The number of aliphatic carboxylic acids is 1. The van der Waals surface area contributed by atoms with E-state index in [-0.39, 0.29) is 18.6 Å². The van der Waals surface area contributed by atoms with Gasteiger partial charge in [0.15, 0.2) is 0 Å². The van der Waals surface area contributed by atoms with Crippen LogP contribution in [0.4, 0.5) is 0 Å². The second-order valence-corrected chi connectivity index (χ2v) is 4.56. The van der Waals surface area contributed by atoms with Crippen LogP contribution in [0.25, 0.3) is 0 Å². The van der Waals surface area contributed by atoms with Crippen LogP contribution in [0.5, 0.6) is 0 Å². The van der Waals surface area contributed by atoms with Crippen molar-refractivity contribution < 1.29 is 19.4 Å². The Balaban J connectivity index is 2.30. The Morgan fingerprint density at radius 3 is 2.56 bits per heavy atom. The van der Waals surface area contributed by atoms with Crippen LogP contribution in [0.2, 0.25) is 0 Å². The van der Waals surface area contributed by atoms with Crippen molar-refractivity contribution in [3.05, 3.63) is 0 Å². The van der Waals surface area contributed by atoms with Crippen molar-refractivity contribution in [2.75, 3.05) is 19.7 Å². The number of likely N-dealkylation sites (tertiary alicyclic amines) is 1. The van der Waals surface area contributed by atoms with Crippen LogP contribution in [-0.2, 0) is 14.3 Å². The first-order valence-corrected chi connectivity index (χ1v) is 5.21. The third kappa shape index (κ3) is 3.46. The molecule has 0 aromatic carbocycles. The van der Waals surface area contributed by atoms with E-state index in [1.807, 2.05) is 0 Å². The molecule has 0 saturated carbocycles. The van der Waals surface area contributed by atoms with E-state index in [0.717, 1.165) is 0 Å². The molecule has 1 unspecified atom stereocenters. The maximum Gasteiger partial charge on any atom is 0.329 e. The van der Waals surface area contributed by atoms with Gasteiger partial charge in [0.2, 0.25) is 5.91 Å². The minimum absolute atomic E-state index is 0.00796. The fraction of sp³-hybridized carbons (Fsp3) is 0.800. The fourth-order valence-electron chi connectivity index (χ4n) is 1.67. The van der Waals surface area contributed by atoms with Crippen molar-refractivity contribution in [3.63, 3.8) is 0 Å². The Bertz CT molecular complexity index is 285. The standard InChI is InChI=1S/C10H18N2O4/c1-7(11)3-8(13)12-5-10(2,6-12)16-4-9(14)15/h7H,3-6,11H2,1-2H3,(H,14,15). The maximum absolute atomic E-state index is 11.5. The van der Waals surface area contributed by atoms with Crippen LogP contribution in [-0.4, -0.2) is 53.2 Å². The highest BCUT2D eigenvalue weighted by Crippen LogP contribution is 2.25. The zero-order valence-corrected chi connectivity index (χ0v) is 9.60. The lowest BCUT2D eigenvalue weighted by atomic mass is 9.95. The average molecular weight is 230 g/mol. The quantitative estimate of drug-likeness (QED) is 0.659. The Labute approximate surface area is 94.3 Å². The normalized spacial score (nSPS) is 20.1. The molecule has 1 amide bonds. The van der Waals surface area contributed by atoms with Gasteiger partial charge in [-0.15, -0.1) is 0 Å². The molecule has 0 aliphatic carbocycles. The van der Waals surface area contributed by atoms with Gasteiger partial charge in [0.25, 0.3) is 0 Å².